The lowest BCUT2D eigenvalue weighted by Crippen LogP contribution is -2.08. The molecule has 0 unspecified atom stereocenters. The number of amides is 1. The summed E-state index contributed by atoms with van der Waals surface area (Å²) in [6.45, 7) is 0. The van der Waals surface area contributed by atoms with Crippen LogP contribution in [-0.2, 0) is 4.79 Å². The third-order valence-corrected chi connectivity index (χ3v) is 1.74. The highest BCUT2D eigenvalue weighted by Gasteiger charge is 2.05. The molecule has 1 amide bonds. The van der Waals surface area contributed by atoms with Crippen molar-refractivity contribution >= 4 is 17.7 Å². The predicted molar refractivity (Wildman–Crippen MR) is 53.6 cm³/mol. The zero-order valence-corrected chi connectivity index (χ0v) is 7.84. The summed E-state index contributed by atoms with van der Waals surface area (Å²) in [5.41, 5.74) is 10.3. The van der Waals surface area contributed by atoms with E-state index in [2.05, 4.69) is 0 Å². The second-order valence-corrected chi connectivity index (χ2v) is 2.96. The van der Waals surface area contributed by atoms with Crippen molar-refractivity contribution in [3.05, 3.63) is 35.4 Å². The lowest BCUT2D eigenvalue weighted by Gasteiger charge is -2.01. The number of hydrogen-bond acceptors (Lipinski definition) is 2. The second-order valence-electron chi connectivity index (χ2n) is 2.96. The van der Waals surface area contributed by atoms with Gasteiger partial charge in [-0.2, -0.15) is 0 Å². The molecule has 0 saturated carbocycles. The first-order chi connectivity index (χ1) is 7.00. The molecule has 1 aromatic carbocycles. The van der Waals surface area contributed by atoms with E-state index < -0.39 is 17.5 Å². The minimum atomic E-state index is -0.825. The lowest BCUT2D eigenvalue weighted by molar-refractivity contribution is -0.117. The Bertz CT molecular complexity index is 416. The van der Waals surface area contributed by atoms with Gasteiger partial charge >= 0.3 is 0 Å². The van der Waals surface area contributed by atoms with E-state index in [9.17, 15) is 13.6 Å². The fourth-order valence-corrected chi connectivity index (χ4v) is 1.04. The van der Waals surface area contributed by atoms with Crippen molar-refractivity contribution < 1.29 is 13.6 Å². The van der Waals surface area contributed by atoms with Gasteiger partial charge in [-0.1, -0.05) is 12.2 Å². The number of hydrogen-bond donors (Lipinski definition) is 2. The quantitative estimate of drug-likeness (QED) is 0.744. The minimum absolute atomic E-state index is 0.00241. The van der Waals surface area contributed by atoms with Crippen molar-refractivity contribution in [2.75, 3.05) is 5.73 Å². The molecule has 0 bridgehead atoms. The van der Waals surface area contributed by atoms with Gasteiger partial charge in [0.15, 0.2) is 0 Å². The van der Waals surface area contributed by atoms with Crippen LogP contribution in [0.1, 0.15) is 12.0 Å². The van der Waals surface area contributed by atoms with E-state index in [4.69, 9.17) is 11.5 Å². The van der Waals surface area contributed by atoms with Crippen molar-refractivity contribution in [3.8, 4) is 0 Å². The third-order valence-electron chi connectivity index (χ3n) is 1.74. The topological polar surface area (TPSA) is 69.1 Å². The summed E-state index contributed by atoms with van der Waals surface area (Å²) in [5.74, 6) is -2.07. The average Bonchev–Trinajstić information content (AvgIpc) is 2.12. The number of primary amides is 1. The molecule has 3 nitrogen and oxygen atoms in total. The van der Waals surface area contributed by atoms with Crippen molar-refractivity contribution in [1.29, 1.82) is 0 Å². The monoisotopic (exact) mass is 212 g/mol. The molecular weight excluding hydrogens is 202 g/mol. The Morgan fingerprint density at radius 3 is 2.67 bits per heavy atom. The smallest absolute Gasteiger partial charge is 0.221 e. The highest BCUT2D eigenvalue weighted by Crippen LogP contribution is 2.19. The second kappa shape index (κ2) is 4.54. The van der Waals surface area contributed by atoms with Gasteiger partial charge < -0.3 is 11.5 Å². The molecule has 0 fully saturated rings. The van der Waals surface area contributed by atoms with Gasteiger partial charge in [0.05, 0.1) is 5.69 Å². The van der Waals surface area contributed by atoms with Crippen LogP contribution in [0.5, 0.6) is 0 Å². The first-order valence-corrected chi connectivity index (χ1v) is 4.20. The Morgan fingerprint density at radius 2 is 2.07 bits per heavy atom. The SMILES string of the molecule is NC(=O)CC=Cc1cc(F)cc(F)c1N. The zero-order valence-electron chi connectivity index (χ0n) is 7.84. The molecule has 1 aromatic rings. The summed E-state index contributed by atoms with van der Waals surface area (Å²) in [6.07, 6.45) is 2.75. The number of carbonyl (C=O) groups excluding carboxylic acids is 1. The van der Waals surface area contributed by atoms with Gasteiger partial charge in [-0.25, -0.2) is 8.78 Å². The maximum absolute atomic E-state index is 12.9. The van der Waals surface area contributed by atoms with E-state index in [1.54, 1.807) is 0 Å². The average molecular weight is 212 g/mol. The van der Waals surface area contributed by atoms with Crippen LogP contribution in [0.3, 0.4) is 0 Å². The maximum atomic E-state index is 12.9. The number of carbonyl (C=O) groups is 1. The molecule has 5 heteroatoms. The lowest BCUT2D eigenvalue weighted by atomic mass is 10.1. The van der Waals surface area contributed by atoms with Gasteiger partial charge in [0.1, 0.15) is 11.6 Å². The number of benzene rings is 1. The minimum Gasteiger partial charge on any atom is -0.396 e. The number of nitrogen functional groups attached to an aromatic ring is 1. The molecule has 80 valence electrons. The van der Waals surface area contributed by atoms with E-state index in [-0.39, 0.29) is 17.7 Å². The van der Waals surface area contributed by atoms with E-state index in [1.807, 2.05) is 0 Å². The van der Waals surface area contributed by atoms with Crippen LogP contribution in [0.25, 0.3) is 6.08 Å². The Balaban J connectivity index is 2.94. The van der Waals surface area contributed by atoms with Gasteiger partial charge in [-0.15, -0.1) is 0 Å². The molecule has 1 rings (SSSR count). The Kier molecular flexibility index (Phi) is 3.38. The predicted octanol–water partition coefficient (Wildman–Crippen LogP) is 1.44. The van der Waals surface area contributed by atoms with E-state index in [1.165, 1.54) is 12.2 Å². The van der Waals surface area contributed by atoms with Crippen LogP contribution in [-0.4, -0.2) is 5.91 Å². The first-order valence-electron chi connectivity index (χ1n) is 4.20. The van der Waals surface area contributed by atoms with Crippen LogP contribution in [0, 0.1) is 11.6 Å². The Morgan fingerprint density at radius 1 is 1.40 bits per heavy atom. The molecule has 4 N–H and O–H groups in total. The van der Waals surface area contributed by atoms with Gasteiger partial charge in [-0.05, 0) is 6.07 Å². The molecule has 15 heavy (non-hydrogen) atoms. The summed E-state index contributed by atoms with van der Waals surface area (Å²) >= 11 is 0. The third kappa shape index (κ3) is 3.05. The highest BCUT2D eigenvalue weighted by molar-refractivity contribution is 5.77. The molecule has 0 aliphatic rings. The molecule has 0 spiro atoms. The van der Waals surface area contributed by atoms with E-state index in [0.29, 0.717) is 6.07 Å². The molecule has 0 atom stereocenters. The number of rotatable bonds is 3. The van der Waals surface area contributed by atoms with Crippen molar-refractivity contribution in [1.82, 2.24) is 0 Å². The Hall–Kier alpha value is -1.91. The van der Waals surface area contributed by atoms with Gasteiger partial charge in [0, 0.05) is 18.1 Å². The van der Waals surface area contributed by atoms with Crippen LogP contribution < -0.4 is 11.5 Å². The van der Waals surface area contributed by atoms with Crippen LogP contribution >= 0.6 is 0 Å². The summed E-state index contributed by atoms with van der Waals surface area (Å²) in [4.78, 5) is 10.4. The van der Waals surface area contributed by atoms with E-state index in [0.717, 1.165) is 6.07 Å². The van der Waals surface area contributed by atoms with Crippen molar-refractivity contribution in [2.24, 2.45) is 5.73 Å². The molecule has 0 aromatic heterocycles. The van der Waals surface area contributed by atoms with Crippen LogP contribution in [0.4, 0.5) is 14.5 Å². The molecule has 0 heterocycles. The van der Waals surface area contributed by atoms with Gasteiger partial charge in [-0.3, -0.25) is 4.79 Å². The van der Waals surface area contributed by atoms with Gasteiger partial charge in [0.25, 0.3) is 0 Å². The molecular formula is C10H10F2N2O. The van der Waals surface area contributed by atoms with E-state index >= 15 is 0 Å². The standard InChI is InChI=1S/C10H10F2N2O/c11-7-4-6(2-1-3-9(13)15)10(14)8(12)5-7/h1-2,4-5H,3,14H2,(H2,13,15). The summed E-state index contributed by atoms with van der Waals surface area (Å²) in [6, 6.07) is 1.77. The number of halogens is 2. The molecule has 0 radical (unpaired) electrons. The molecule has 0 aliphatic carbocycles. The normalized spacial score (nSPS) is 10.8. The number of nitrogens with two attached hydrogens (primary N) is 2. The summed E-state index contributed by atoms with van der Waals surface area (Å²) < 4.78 is 25.7. The fourth-order valence-electron chi connectivity index (χ4n) is 1.04. The number of anilines is 1. The molecule has 0 saturated heterocycles. The summed E-state index contributed by atoms with van der Waals surface area (Å²) in [5, 5.41) is 0. The van der Waals surface area contributed by atoms with Gasteiger partial charge in [0.2, 0.25) is 5.91 Å². The van der Waals surface area contributed by atoms with Crippen molar-refractivity contribution in [3.63, 3.8) is 0 Å². The van der Waals surface area contributed by atoms with Crippen LogP contribution in [0.2, 0.25) is 0 Å². The highest BCUT2D eigenvalue weighted by atomic mass is 19.1. The van der Waals surface area contributed by atoms with Crippen LogP contribution in [0.15, 0.2) is 18.2 Å². The first kappa shape index (κ1) is 11.2. The fraction of sp³-hybridized carbons (Fsp3) is 0.100. The van der Waals surface area contributed by atoms with Crippen molar-refractivity contribution in [2.45, 2.75) is 6.42 Å². The zero-order chi connectivity index (χ0) is 11.4. The Labute approximate surface area is 85.4 Å². The molecule has 0 aliphatic heterocycles. The maximum Gasteiger partial charge on any atom is 0.221 e. The summed E-state index contributed by atoms with van der Waals surface area (Å²) in [7, 11) is 0. The largest absolute Gasteiger partial charge is 0.396 e.